The molecule has 0 aliphatic carbocycles. The third kappa shape index (κ3) is 5.49. The van der Waals surface area contributed by atoms with Crippen LogP contribution in [0.1, 0.15) is 0 Å². The first-order chi connectivity index (χ1) is 27.5. The summed E-state index contributed by atoms with van der Waals surface area (Å²) in [5, 5.41) is 13.4. The summed E-state index contributed by atoms with van der Waals surface area (Å²) in [6.45, 7) is 0. The molecule has 0 amide bonds. The largest absolute Gasteiger partial charge is 0.309 e. The van der Waals surface area contributed by atoms with Crippen molar-refractivity contribution < 1.29 is 9.13 Å². The van der Waals surface area contributed by atoms with Crippen LogP contribution in [0.25, 0.3) is 54.2 Å². The maximum Gasteiger partial charge on any atom is 0.171 e. The van der Waals surface area contributed by atoms with Crippen LogP contribution in [0.3, 0.4) is 0 Å². The van der Waals surface area contributed by atoms with Gasteiger partial charge in [-0.05, 0) is 78.5 Å². The Kier molecular flexibility index (Phi) is 8.41. The van der Waals surface area contributed by atoms with E-state index in [-0.39, 0.29) is 0 Å². The van der Waals surface area contributed by atoms with Crippen molar-refractivity contribution in [1.82, 2.24) is 0 Å². The van der Waals surface area contributed by atoms with Crippen LogP contribution in [0.15, 0.2) is 218 Å². The number of hydrogen-bond donors (Lipinski definition) is 0. The first-order valence-corrected chi connectivity index (χ1v) is 22.3. The van der Waals surface area contributed by atoms with Gasteiger partial charge in [-0.3, -0.25) is 0 Å². The second kappa shape index (κ2) is 13.8. The summed E-state index contributed by atoms with van der Waals surface area (Å²) in [5.41, 5.74) is 2.19. The molecule has 266 valence electrons. The molecule has 56 heavy (non-hydrogen) atoms. The van der Waals surface area contributed by atoms with E-state index in [2.05, 4.69) is 84.9 Å². The van der Waals surface area contributed by atoms with Gasteiger partial charge in [0.1, 0.15) is 0 Å². The molecule has 0 heterocycles. The predicted molar refractivity (Wildman–Crippen MR) is 241 cm³/mol. The third-order valence-corrected chi connectivity index (χ3v) is 17.4. The Morgan fingerprint density at radius 1 is 0.250 bits per heavy atom. The highest BCUT2D eigenvalue weighted by atomic mass is 31.2. The fourth-order valence-electron chi connectivity index (χ4n) is 8.45. The van der Waals surface area contributed by atoms with Gasteiger partial charge in [0.2, 0.25) is 0 Å². The number of benzene rings is 10. The number of fused-ring (bicyclic) bond motifs is 6. The lowest BCUT2D eigenvalue weighted by atomic mass is 9.94. The van der Waals surface area contributed by atoms with E-state index in [0.717, 1.165) is 86.0 Å². The molecule has 10 rings (SSSR count). The lowest BCUT2D eigenvalue weighted by molar-refractivity contribution is 0.592. The Bertz CT molecular complexity index is 2870. The molecule has 0 saturated heterocycles. The van der Waals surface area contributed by atoms with Gasteiger partial charge in [-0.15, -0.1) is 0 Å². The van der Waals surface area contributed by atoms with Crippen LogP contribution in [0.4, 0.5) is 0 Å². The molecular weight excluding hydrogens is 719 g/mol. The SMILES string of the molecule is O=P(c1ccccc1)(c1ccccc1)c1cc2ccc(-c3ccc4cc(P(=O)(c5ccccc5)c5ccccc5)c5ccccc5c4c3)cc2c2ccccc12. The first kappa shape index (κ1) is 34.2. The summed E-state index contributed by atoms with van der Waals surface area (Å²) in [6.07, 6.45) is 0. The minimum Gasteiger partial charge on any atom is -0.309 e. The van der Waals surface area contributed by atoms with Crippen LogP contribution in [0.5, 0.6) is 0 Å². The van der Waals surface area contributed by atoms with E-state index >= 15 is 9.13 Å². The molecule has 2 nitrogen and oxygen atoms in total. The van der Waals surface area contributed by atoms with Crippen LogP contribution >= 0.6 is 14.3 Å². The standard InChI is InChI=1S/C52H36O2P2/c53-55(41-17-5-1-6-18-41,42-19-7-2-8-20-42)51-35-39-31-29-37(33-49(39)45-25-13-15-27-47(45)51)38-30-32-40-36-52(48-28-16-14-26-46(48)50(40)34-38)56(54,43-21-9-3-10-22-43)44-23-11-4-12-24-44/h1-36H. The van der Waals surface area contributed by atoms with Crippen molar-refractivity contribution in [1.29, 1.82) is 0 Å². The highest BCUT2D eigenvalue weighted by molar-refractivity contribution is 7.86. The molecule has 0 spiro atoms. The van der Waals surface area contributed by atoms with E-state index in [1.54, 1.807) is 0 Å². The molecule has 0 aliphatic heterocycles. The van der Waals surface area contributed by atoms with E-state index in [0.29, 0.717) is 0 Å². The topological polar surface area (TPSA) is 34.1 Å². The quantitative estimate of drug-likeness (QED) is 0.120. The third-order valence-electron chi connectivity index (χ3n) is 11.2. The van der Waals surface area contributed by atoms with Gasteiger partial charge in [0.05, 0.1) is 0 Å². The van der Waals surface area contributed by atoms with Crippen molar-refractivity contribution in [3.8, 4) is 11.1 Å². The fourth-order valence-corrected chi connectivity index (χ4v) is 14.2. The molecule has 0 aliphatic rings. The molecule has 4 heteroatoms. The van der Waals surface area contributed by atoms with Gasteiger partial charge in [-0.1, -0.05) is 194 Å². The molecule has 0 bridgehead atoms. The second-order valence-electron chi connectivity index (χ2n) is 14.3. The van der Waals surface area contributed by atoms with Gasteiger partial charge in [0, 0.05) is 31.8 Å². The van der Waals surface area contributed by atoms with Gasteiger partial charge in [0.15, 0.2) is 14.3 Å². The van der Waals surface area contributed by atoms with Crippen LogP contribution < -0.4 is 31.8 Å². The van der Waals surface area contributed by atoms with E-state index in [1.807, 2.05) is 133 Å². The van der Waals surface area contributed by atoms with Crippen molar-refractivity contribution >= 4 is 89.2 Å². The van der Waals surface area contributed by atoms with Crippen LogP contribution in [0, 0.1) is 0 Å². The molecule has 0 unspecified atom stereocenters. The van der Waals surface area contributed by atoms with Gasteiger partial charge in [-0.25, -0.2) is 0 Å². The summed E-state index contributed by atoms with van der Waals surface area (Å²) < 4.78 is 31.3. The summed E-state index contributed by atoms with van der Waals surface area (Å²) in [6, 6.07) is 73.9. The smallest absolute Gasteiger partial charge is 0.171 e. The van der Waals surface area contributed by atoms with Gasteiger partial charge < -0.3 is 9.13 Å². The summed E-state index contributed by atoms with van der Waals surface area (Å²) in [7, 11) is -6.45. The molecule has 0 radical (unpaired) electrons. The first-order valence-electron chi connectivity index (χ1n) is 18.9. The highest BCUT2D eigenvalue weighted by Gasteiger charge is 2.33. The Labute approximate surface area is 326 Å². The predicted octanol–water partition coefficient (Wildman–Crippen LogP) is 11.2. The number of rotatable bonds is 7. The van der Waals surface area contributed by atoms with Crippen molar-refractivity contribution in [2.24, 2.45) is 0 Å². The zero-order chi connectivity index (χ0) is 37.7. The average molecular weight is 755 g/mol. The maximum atomic E-state index is 15.6. The van der Waals surface area contributed by atoms with E-state index in [1.165, 1.54) is 0 Å². The normalized spacial score (nSPS) is 12.1. The summed E-state index contributed by atoms with van der Waals surface area (Å²) in [5.74, 6) is 0. The second-order valence-corrected chi connectivity index (χ2v) is 19.8. The molecule has 0 aromatic heterocycles. The maximum absolute atomic E-state index is 15.6. The van der Waals surface area contributed by atoms with Crippen molar-refractivity contribution in [3.05, 3.63) is 218 Å². The zero-order valence-electron chi connectivity index (χ0n) is 30.5. The van der Waals surface area contributed by atoms with Gasteiger partial charge in [-0.2, -0.15) is 0 Å². The van der Waals surface area contributed by atoms with Crippen molar-refractivity contribution in [2.45, 2.75) is 0 Å². The van der Waals surface area contributed by atoms with Gasteiger partial charge in [0.25, 0.3) is 0 Å². The highest BCUT2D eigenvalue weighted by Crippen LogP contribution is 2.47. The molecule has 0 fully saturated rings. The summed E-state index contributed by atoms with van der Waals surface area (Å²) in [4.78, 5) is 0. The zero-order valence-corrected chi connectivity index (χ0v) is 32.3. The van der Waals surface area contributed by atoms with Crippen LogP contribution in [0.2, 0.25) is 0 Å². The lowest BCUT2D eigenvalue weighted by Gasteiger charge is -2.23. The molecule has 10 aromatic carbocycles. The molecule has 0 atom stereocenters. The Balaban J connectivity index is 1.16. The van der Waals surface area contributed by atoms with Gasteiger partial charge >= 0.3 is 0 Å². The van der Waals surface area contributed by atoms with Crippen molar-refractivity contribution in [2.75, 3.05) is 0 Å². The average Bonchev–Trinajstić information content (AvgIpc) is 3.29. The lowest BCUT2D eigenvalue weighted by Crippen LogP contribution is -2.25. The van der Waals surface area contributed by atoms with Crippen LogP contribution in [-0.4, -0.2) is 0 Å². The van der Waals surface area contributed by atoms with E-state index in [9.17, 15) is 0 Å². The minimum atomic E-state index is -3.22. The molecule has 0 saturated carbocycles. The van der Waals surface area contributed by atoms with E-state index in [4.69, 9.17) is 0 Å². The minimum absolute atomic E-state index is 0.822. The molecule has 0 N–H and O–H groups in total. The van der Waals surface area contributed by atoms with Crippen LogP contribution in [-0.2, 0) is 9.13 Å². The molecule has 10 aromatic rings. The Hall–Kier alpha value is -6.30. The molecular formula is C52H36O2P2. The Morgan fingerprint density at radius 3 is 0.857 bits per heavy atom. The van der Waals surface area contributed by atoms with E-state index < -0.39 is 14.3 Å². The van der Waals surface area contributed by atoms with Crippen molar-refractivity contribution in [3.63, 3.8) is 0 Å². The fraction of sp³-hybridized carbons (Fsp3) is 0. The monoisotopic (exact) mass is 754 g/mol. The Morgan fingerprint density at radius 2 is 0.536 bits per heavy atom. The number of hydrogen-bond acceptors (Lipinski definition) is 2. The summed E-state index contributed by atoms with van der Waals surface area (Å²) >= 11 is 0.